The Hall–Kier alpha value is -0.680. The van der Waals surface area contributed by atoms with Crippen LogP contribution in [0.15, 0.2) is 12.1 Å². The van der Waals surface area contributed by atoms with Crippen molar-refractivity contribution in [3.63, 3.8) is 0 Å². The molecule has 0 bridgehead atoms. The summed E-state index contributed by atoms with van der Waals surface area (Å²) in [4.78, 5) is 10.7. The minimum Gasteiger partial charge on any atom is -0.479 e. The fourth-order valence-electron chi connectivity index (χ4n) is 1.05. The summed E-state index contributed by atoms with van der Waals surface area (Å²) in [6.07, 6.45) is 0. The molecule has 0 radical (unpaired) electrons. The van der Waals surface area contributed by atoms with Gasteiger partial charge in [0.25, 0.3) is 0 Å². The molecule has 1 rings (SSSR count). The summed E-state index contributed by atoms with van der Waals surface area (Å²) in [7, 11) is 0. The number of benzene rings is 1. The van der Waals surface area contributed by atoms with Crippen molar-refractivity contribution in [1.82, 2.24) is 0 Å². The van der Waals surface area contributed by atoms with Gasteiger partial charge in [-0.1, -0.05) is 34.8 Å². The van der Waals surface area contributed by atoms with E-state index in [1.807, 2.05) is 0 Å². The molecule has 0 saturated carbocycles. The molecule has 0 amide bonds. The Morgan fingerprint density at radius 3 is 2.24 bits per heavy atom. The highest BCUT2D eigenvalue weighted by molar-refractivity contribution is 6.41. The quantitative estimate of drug-likeness (QED) is 0.799. The van der Waals surface area contributed by atoms with E-state index in [1.165, 1.54) is 19.1 Å². The number of hydrogen-bond acceptors (Lipinski definition) is 3. The first-order valence-corrected chi connectivity index (χ1v) is 5.71. The molecule has 0 spiro atoms. The maximum Gasteiger partial charge on any atom is 0.337 e. The molecule has 3 N–H and O–H groups in total. The average Bonchev–Trinajstić information content (AvgIpc) is 2.15. The summed E-state index contributed by atoms with van der Waals surface area (Å²) in [6.45, 7) is 0.934. The zero-order valence-corrected chi connectivity index (χ0v) is 11.1. The maximum atomic E-state index is 10.7. The average molecular weight is 299 g/mol. The topological polar surface area (TPSA) is 69.6 Å². The standard InChI is InChI=1S/C10H10Cl3NO3/c1-10(17,9(15)16)4-14-8-6(12)2-5(11)3-7(8)13/h2-3,14,17H,4H2,1H3,(H,15,16). The molecular weight excluding hydrogens is 288 g/mol. The van der Waals surface area contributed by atoms with Crippen molar-refractivity contribution < 1.29 is 15.0 Å². The minimum absolute atomic E-state index is 0.233. The number of halogens is 3. The summed E-state index contributed by atoms with van der Waals surface area (Å²) in [5.74, 6) is -1.34. The van der Waals surface area contributed by atoms with Gasteiger partial charge in [-0.05, 0) is 19.1 Å². The molecule has 0 aliphatic carbocycles. The van der Waals surface area contributed by atoms with Gasteiger partial charge in [0.05, 0.1) is 22.3 Å². The molecule has 1 atom stereocenters. The Morgan fingerprint density at radius 2 is 1.82 bits per heavy atom. The molecule has 0 aliphatic rings. The van der Waals surface area contributed by atoms with Gasteiger partial charge in [-0.25, -0.2) is 4.79 Å². The van der Waals surface area contributed by atoms with Crippen molar-refractivity contribution in [1.29, 1.82) is 0 Å². The lowest BCUT2D eigenvalue weighted by Gasteiger charge is -2.20. The first-order valence-electron chi connectivity index (χ1n) is 4.58. The van der Waals surface area contributed by atoms with Crippen LogP contribution in [-0.4, -0.2) is 28.3 Å². The SMILES string of the molecule is CC(O)(CNc1c(Cl)cc(Cl)cc1Cl)C(=O)O. The highest BCUT2D eigenvalue weighted by atomic mass is 35.5. The zero-order valence-electron chi connectivity index (χ0n) is 8.80. The highest BCUT2D eigenvalue weighted by Gasteiger charge is 2.30. The maximum absolute atomic E-state index is 10.7. The van der Waals surface area contributed by atoms with Crippen molar-refractivity contribution in [3.05, 3.63) is 27.2 Å². The van der Waals surface area contributed by atoms with Crippen molar-refractivity contribution in [2.45, 2.75) is 12.5 Å². The third kappa shape index (κ3) is 3.64. The number of rotatable bonds is 4. The number of aliphatic hydroxyl groups is 1. The molecule has 1 aromatic carbocycles. The summed E-state index contributed by atoms with van der Waals surface area (Å²) >= 11 is 17.5. The molecule has 0 aromatic heterocycles. The molecule has 7 heteroatoms. The molecular formula is C10H10Cl3NO3. The first-order chi connectivity index (χ1) is 7.74. The number of nitrogens with one attached hydrogen (secondary N) is 1. The monoisotopic (exact) mass is 297 g/mol. The lowest BCUT2D eigenvalue weighted by atomic mass is 10.1. The van der Waals surface area contributed by atoms with E-state index in [0.29, 0.717) is 10.7 Å². The Bertz CT molecular complexity index is 425. The van der Waals surface area contributed by atoms with E-state index in [-0.39, 0.29) is 16.6 Å². The van der Waals surface area contributed by atoms with Crippen LogP contribution >= 0.6 is 34.8 Å². The predicted molar refractivity (Wildman–Crippen MR) is 68.2 cm³/mol. The van der Waals surface area contributed by atoms with Gasteiger partial charge in [-0.2, -0.15) is 0 Å². The zero-order chi connectivity index (χ0) is 13.2. The van der Waals surface area contributed by atoms with Gasteiger partial charge in [0.1, 0.15) is 0 Å². The molecule has 0 saturated heterocycles. The lowest BCUT2D eigenvalue weighted by Crippen LogP contribution is -2.41. The smallest absolute Gasteiger partial charge is 0.337 e. The van der Waals surface area contributed by atoms with E-state index in [4.69, 9.17) is 39.9 Å². The summed E-state index contributed by atoms with van der Waals surface area (Å²) in [6, 6.07) is 2.93. The number of anilines is 1. The van der Waals surface area contributed by atoms with E-state index in [9.17, 15) is 9.90 Å². The van der Waals surface area contributed by atoms with Gasteiger partial charge >= 0.3 is 5.97 Å². The molecule has 1 aromatic rings. The normalized spacial score (nSPS) is 14.2. The third-order valence-corrected chi connectivity index (χ3v) is 2.89. The van der Waals surface area contributed by atoms with Gasteiger partial charge in [0, 0.05) is 5.02 Å². The molecule has 94 valence electrons. The number of carboxylic acid groups (broad SMARTS) is 1. The van der Waals surface area contributed by atoms with Crippen LogP contribution in [0, 0.1) is 0 Å². The summed E-state index contributed by atoms with van der Waals surface area (Å²) < 4.78 is 0. The Morgan fingerprint density at radius 1 is 1.35 bits per heavy atom. The molecule has 0 fully saturated rings. The Labute approximate surface area is 113 Å². The minimum atomic E-state index is -1.91. The van der Waals surface area contributed by atoms with Gasteiger partial charge in [-0.3, -0.25) is 0 Å². The van der Waals surface area contributed by atoms with Crippen LogP contribution in [0.3, 0.4) is 0 Å². The lowest BCUT2D eigenvalue weighted by molar-refractivity contribution is -0.155. The Kier molecular flexibility index (Phi) is 4.49. The third-order valence-electron chi connectivity index (χ3n) is 2.08. The van der Waals surface area contributed by atoms with E-state index in [2.05, 4.69) is 5.32 Å². The molecule has 1 unspecified atom stereocenters. The van der Waals surface area contributed by atoms with E-state index in [1.54, 1.807) is 0 Å². The van der Waals surface area contributed by atoms with E-state index < -0.39 is 11.6 Å². The Balaban J connectivity index is 2.87. The van der Waals surface area contributed by atoms with Crippen LogP contribution < -0.4 is 5.32 Å². The second kappa shape index (κ2) is 5.31. The fraction of sp³-hybridized carbons (Fsp3) is 0.300. The second-order valence-corrected chi connectivity index (χ2v) is 4.93. The van der Waals surface area contributed by atoms with Crippen molar-refractivity contribution >= 4 is 46.5 Å². The van der Waals surface area contributed by atoms with Gasteiger partial charge in [-0.15, -0.1) is 0 Å². The number of carbonyl (C=O) groups is 1. The number of hydrogen-bond donors (Lipinski definition) is 3. The second-order valence-electron chi connectivity index (χ2n) is 3.68. The fourth-order valence-corrected chi connectivity index (χ4v) is 2.00. The highest BCUT2D eigenvalue weighted by Crippen LogP contribution is 2.33. The van der Waals surface area contributed by atoms with Crippen LogP contribution in [0.25, 0.3) is 0 Å². The number of carboxylic acids is 1. The van der Waals surface area contributed by atoms with Crippen molar-refractivity contribution in [2.24, 2.45) is 0 Å². The van der Waals surface area contributed by atoms with Crippen LogP contribution in [0.1, 0.15) is 6.92 Å². The van der Waals surface area contributed by atoms with Crippen LogP contribution in [-0.2, 0) is 4.79 Å². The van der Waals surface area contributed by atoms with Gasteiger partial charge in [0.2, 0.25) is 0 Å². The largest absolute Gasteiger partial charge is 0.479 e. The summed E-state index contributed by atoms with van der Waals surface area (Å²) in [5, 5.41) is 21.8. The molecule has 0 aliphatic heterocycles. The molecule has 0 heterocycles. The van der Waals surface area contributed by atoms with E-state index in [0.717, 1.165) is 0 Å². The van der Waals surface area contributed by atoms with Crippen LogP contribution in [0.2, 0.25) is 15.1 Å². The number of aliphatic carboxylic acids is 1. The first kappa shape index (κ1) is 14.4. The molecule has 4 nitrogen and oxygen atoms in total. The van der Waals surface area contributed by atoms with Gasteiger partial charge < -0.3 is 15.5 Å². The van der Waals surface area contributed by atoms with Crippen LogP contribution in [0.4, 0.5) is 5.69 Å². The summed E-state index contributed by atoms with van der Waals surface area (Å²) in [5.41, 5.74) is -1.58. The van der Waals surface area contributed by atoms with Gasteiger partial charge in [0.15, 0.2) is 5.60 Å². The predicted octanol–water partition coefficient (Wildman–Crippen LogP) is 2.89. The van der Waals surface area contributed by atoms with Crippen molar-refractivity contribution in [2.75, 3.05) is 11.9 Å². The van der Waals surface area contributed by atoms with Crippen LogP contribution in [0.5, 0.6) is 0 Å². The van der Waals surface area contributed by atoms with E-state index >= 15 is 0 Å². The molecule has 17 heavy (non-hydrogen) atoms. The van der Waals surface area contributed by atoms with Crippen molar-refractivity contribution in [3.8, 4) is 0 Å².